The van der Waals surface area contributed by atoms with Crippen LogP contribution in [0.15, 0.2) is 24.3 Å². The second-order valence-corrected chi connectivity index (χ2v) is 4.34. The van der Waals surface area contributed by atoms with Gasteiger partial charge in [0.2, 0.25) is 5.91 Å². The molecule has 18 heavy (non-hydrogen) atoms. The van der Waals surface area contributed by atoms with Crippen LogP contribution in [0.25, 0.3) is 0 Å². The number of piperazine rings is 1. The molecule has 1 fully saturated rings. The molecule has 0 radical (unpaired) electrons. The van der Waals surface area contributed by atoms with Gasteiger partial charge in [-0.3, -0.25) is 14.9 Å². The Balaban J connectivity index is 1.85. The van der Waals surface area contributed by atoms with Gasteiger partial charge in [-0.25, -0.2) is 0 Å². The molecule has 0 spiro atoms. The molecule has 6 heteroatoms. The Morgan fingerprint density at radius 3 is 2.89 bits per heavy atom. The highest BCUT2D eigenvalue weighted by molar-refractivity contribution is 6.31. The molecular formula is C12H13ClN2O3. The van der Waals surface area contributed by atoms with Crippen molar-refractivity contribution in [1.82, 2.24) is 10.6 Å². The van der Waals surface area contributed by atoms with Gasteiger partial charge >= 0.3 is 5.97 Å². The molecule has 1 amide bonds. The molecule has 1 aliphatic heterocycles. The Labute approximate surface area is 109 Å². The quantitative estimate of drug-likeness (QED) is 0.782. The maximum absolute atomic E-state index is 11.7. The predicted molar refractivity (Wildman–Crippen MR) is 66.0 cm³/mol. The summed E-state index contributed by atoms with van der Waals surface area (Å²) in [6, 6.07) is 6.68. The zero-order chi connectivity index (χ0) is 13.0. The molecule has 0 aromatic heterocycles. The molecule has 1 aromatic carbocycles. The smallest absolute Gasteiger partial charge is 0.325 e. The first-order valence-corrected chi connectivity index (χ1v) is 5.95. The van der Waals surface area contributed by atoms with Gasteiger partial charge < -0.3 is 10.1 Å². The Morgan fingerprint density at radius 1 is 1.44 bits per heavy atom. The van der Waals surface area contributed by atoms with Gasteiger partial charge in [0.05, 0.1) is 6.54 Å². The minimum absolute atomic E-state index is 0.120. The van der Waals surface area contributed by atoms with E-state index in [9.17, 15) is 9.59 Å². The van der Waals surface area contributed by atoms with Crippen molar-refractivity contribution in [2.75, 3.05) is 13.1 Å². The number of benzene rings is 1. The van der Waals surface area contributed by atoms with Crippen molar-refractivity contribution in [2.45, 2.75) is 12.6 Å². The minimum atomic E-state index is -0.495. The van der Waals surface area contributed by atoms with Gasteiger partial charge in [-0.15, -0.1) is 0 Å². The van der Waals surface area contributed by atoms with Gasteiger partial charge in [0, 0.05) is 17.1 Å². The summed E-state index contributed by atoms with van der Waals surface area (Å²) in [5.74, 6) is -0.514. The number of halogens is 1. The summed E-state index contributed by atoms with van der Waals surface area (Å²) in [5.41, 5.74) is 0.757. The Kier molecular flexibility index (Phi) is 4.17. The first-order valence-electron chi connectivity index (χ1n) is 5.57. The Morgan fingerprint density at radius 2 is 2.22 bits per heavy atom. The summed E-state index contributed by atoms with van der Waals surface area (Å²) in [7, 11) is 0. The van der Waals surface area contributed by atoms with E-state index in [-0.39, 0.29) is 25.6 Å². The molecule has 0 aliphatic carbocycles. The number of ether oxygens (including phenoxy) is 1. The van der Waals surface area contributed by atoms with E-state index >= 15 is 0 Å². The molecule has 2 N–H and O–H groups in total. The summed E-state index contributed by atoms with van der Waals surface area (Å²) in [6.45, 7) is 0.511. The monoisotopic (exact) mass is 268 g/mol. The molecule has 1 aliphatic rings. The lowest BCUT2D eigenvalue weighted by atomic mass is 10.2. The van der Waals surface area contributed by atoms with Crippen LogP contribution < -0.4 is 10.6 Å². The molecule has 1 unspecified atom stereocenters. The second kappa shape index (κ2) is 5.84. The number of rotatable bonds is 3. The lowest BCUT2D eigenvalue weighted by Gasteiger charge is -2.22. The summed E-state index contributed by atoms with van der Waals surface area (Å²) in [5, 5.41) is 5.96. The fourth-order valence-electron chi connectivity index (χ4n) is 1.60. The summed E-state index contributed by atoms with van der Waals surface area (Å²) in [4.78, 5) is 22.6. The van der Waals surface area contributed by atoms with Crippen molar-refractivity contribution in [3.63, 3.8) is 0 Å². The largest absolute Gasteiger partial charge is 0.460 e. The van der Waals surface area contributed by atoms with Gasteiger partial charge in [0.15, 0.2) is 0 Å². The van der Waals surface area contributed by atoms with Crippen molar-refractivity contribution in [3.8, 4) is 0 Å². The lowest BCUT2D eigenvalue weighted by Crippen LogP contribution is -2.55. The van der Waals surface area contributed by atoms with Crippen LogP contribution in [0.1, 0.15) is 5.56 Å². The number of esters is 1. The van der Waals surface area contributed by atoms with Crippen molar-refractivity contribution >= 4 is 23.5 Å². The van der Waals surface area contributed by atoms with E-state index < -0.39 is 12.0 Å². The van der Waals surface area contributed by atoms with Crippen LogP contribution in [0.5, 0.6) is 0 Å². The second-order valence-electron chi connectivity index (χ2n) is 3.94. The number of carbonyl (C=O) groups excluding carboxylic acids is 2. The number of hydrogen-bond acceptors (Lipinski definition) is 4. The molecule has 1 aromatic rings. The number of carbonyl (C=O) groups is 2. The number of amides is 1. The molecule has 5 nitrogen and oxygen atoms in total. The van der Waals surface area contributed by atoms with E-state index in [4.69, 9.17) is 16.3 Å². The third kappa shape index (κ3) is 3.21. The van der Waals surface area contributed by atoms with Gasteiger partial charge in [0.25, 0.3) is 0 Å². The van der Waals surface area contributed by atoms with E-state index in [0.717, 1.165) is 5.56 Å². The summed E-state index contributed by atoms with van der Waals surface area (Å²) >= 11 is 5.95. The first kappa shape index (κ1) is 12.9. The van der Waals surface area contributed by atoms with E-state index in [2.05, 4.69) is 10.6 Å². The molecule has 1 heterocycles. The molecule has 2 rings (SSSR count). The highest BCUT2D eigenvalue weighted by Crippen LogP contribution is 2.15. The lowest BCUT2D eigenvalue weighted by molar-refractivity contribution is -0.148. The Bertz CT molecular complexity index is 454. The Hall–Kier alpha value is -1.59. The molecule has 0 bridgehead atoms. The topological polar surface area (TPSA) is 67.4 Å². The average molecular weight is 269 g/mol. The third-order valence-electron chi connectivity index (χ3n) is 2.62. The molecule has 1 saturated heterocycles. The van der Waals surface area contributed by atoms with E-state index in [1.54, 1.807) is 12.1 Å². The van der Waals surface area contributed by atoms with E-state index in [1.165, 1.54) is 0 Å². The number of hydrogen-bond donors (Lipinski definition) is 2. The molecule has 1 atom stereocenters. The van der Waals surface area contributed by atoms with Crippen molar-refractivity contribution in [2.24, 2.45) is 0 Å². The van der Waals surface area contributed by atoms with E-state index in [0.29, 0.717) is 5.02 Å². The van der Waals surface area contributed by atoms with Crippen LogP contribution in [0, 0.1) is 0 Å². The van der Waals surface area contributed by atoms with Gasteiger partial charge in [-0.05, 0) is 6.07 Å². The fraction of sp³-hybridized carbons (Fsp3) is 0.333. The fourth-order valence-corrected chi connectivity index (χ4v) is 1.79. The summed E-state index contributed by atoms with van der Waals surface area (Å²) in [6.07, 6.45) is 0. The third-order valence-corrected chi connectivity index (χ3v) is 2.99. The van der Waals surface area contributed by atoms with Crippen molar-refractivity contribution in [1.29, 1.82) is 0 Å². The highest BCUT2D eigenvalue weighted by Gasteiger charge is 2.25. The van der Waals surface area contributed by atoms with Crippen LogP contribution in [0.3, 0.4) is 0 Å². The standard InChI is InChI=1S/C12H13ClN2O3/c13-9-4-2-1-3-8(9)7-18-12(17)10-5-15-11(16)6-14-10/h1-4,10,14H,5-7H2,(H,15,16). The normalized spacial score (nSPS) is 19.2. The van der Waals surface area contributed by atoms with Gasteiger partial charge in [0.1, 0.15) is 12.6 Å². The van der Waals surface area contributed by atoms with Crippen LogP contribution in [-0.4, -0.2) is 31.0 Å². The predicted octanol–water partition coefficient (Wildman–Crippen LogP) is 0.471. The van der Waals surface area contributed by atoms with Gasteiger partial charge in [-0.2, -0.15) is 0 Å². The minimum Gasteiger partial charge on any atom is -0.460 e. The summed E-state index contributed by atoms with van der Waals surface area (Å²) < 4.78 is 5.15. The van der Waals surface area contributed by atoms with Crippen LogP contribution in [-0.2, 0) is 20.9 Å². The molecule has 96 valence electrons. The molecule has 0 saturated carbocycles. The average Bonchev–Trinajstić information content (AvgIpc) is 2.38. The van der Waals surface area contributed by atoms with Crippen LogP contribution >= 0.6 is 11.6 Å². The maximum Gasteiger partial charge on any atom is 0.325 e. The van der Waals surface area contributed by atoms with Crippen LogP contribution in [0.2, 0.25) is 5.02 Å². The maximum atomic E-state index is 11.7. The molecular weight excluding hydrogens is 256 g/mol. The van der Waals surface area contributed by atoms with Crippen LogP contribution in [0.4, 0.5) is 0 Å². The van der Waals surface area contributed by atoms with Crippen molar-refractivity contribution in [3.05, 3.63) is 34.9 Å². The van der Waals surface area contributed by atoms with Crippen molar-refractivity contribution < 1.29 is 14.3 Å². The number of nitrogens with one attached hydrogen (secondary N) is 2. The zero-order valence-corrected chi connectivity index (χ0v) is 10.4. The zero-order valence-electron chi connectivity index (χ0n) is 9.61. The SMILES string of the molecule is O=C1CNC(C(=O)OCc2ccccc2Cl)CN1. The highest BCUT2D eigenvalue weighted by atomic mass is 35.5. The first-order chi connectivity index (χ1) is 8.66. The van der Waals surface area contributed by atoms with E-state index in [1.807, 2.05) is 12.1 Å². The van der Waals surface area contributed by atoms with Gasteiger partial charge in [-0.1, -0.05) is 29.8 Å².